The topological polar surface area (TPSA) is 35.5 Å². The summed E-state index contributed by atoms with van der Waals surface area (Å²) in [5.41, 5.74) is 4.53. The molecule has 3 heteroatoms. The summed E-state index contributed by atoms with van der Waals surface area (Å²) in [6.07, 6.45) is 2.12. The van der Waals surface area contributed by atoms with Gasteiger partial charge in [0, 0.05) is 0 Å². The second kappa shape index (κ2) is 5.47. The quantitative estimate of drug-likeness (QED) is 0.791. The van der Waals surface area contributed by atoms with Crippen LogP contribution in [0.3, 0.4) is 0 Å². The molecule has 1 aromatic carbocycles. The molecule has 0 saturated carbocycles. The minimum absolute atomic E-state index is 0.180. The molecule has 0 aliphatic carbocycles. The zero-order valence-electron chi connectivity index (χ0n) is 13.1. The highest BCUT2D eigenvalue weighted by Gasteiger charge is 2.36. The molecular weight excluding hydrogens is 252 g/mol. The lowest BCUT2D eigenvalue weighted by Gasteiger charge is -2.37. The van der Waals surface area contributed by atoms with Gasteiger partial charge in [0.05, 0.1) is 13.0 Å². The Kier molecular flexibility index (Phi) is 4.07. The Hall–Kier alpha value is -1.51. The van der Waals surface area contributed by atoms with Gasteiger partial charge in [-0.15, -0.1) is 0 Å². The van der Waals surface area contributed by atoms with Crippen LogP contribution in [0, 0.1) is 20.8 Å². The van der Waals surface area contributed by atoms with E-state index in [1.54, 1.807) is 0 Å². The van der Waals surface area contributed by atoms with E-state index in [1.165, 1.54) is 22.3 Å². The Morgan fingerprint density at radius 3 is 2.70 bits per heavy atom. The molecule has 0 aromatic heterocycles. The third-order valence-corrected chi connectivity index (χ3v) is 4.19. The normalized spacial score (nSPS) is 21.1. The summed E-state index contributed by atoms with van der Waals surface area (Å²) < 4.78 is 11.3. The smallest absolute Gasteiger partial charge is 0.309 e. The zero-order valence-corrected chi connectivity index (χ0v) is 13.1. The van der Waals surface area contributed by atoms with Crippen LogP contribution in [0.1, 0.15) is 48.9 Å². The van der Waals surface area contributed by atoms with Crippen molar-refractivity contribution >= 4 is 5.97 Å². The van der Waals surface area contributed by atoms with E-state index in [4.69, 9.17) is 9.47 Å². The first-order valence-electron chi connectivity index (χ1n) is 7.30. The van der Waals surface area contributed by atoms with Crippen LogP contribution in [0.4, 0.5) is 0 Å². The van der Waals surface area contributed by atoms with E-state index in [9.17, 15) is 4.79 Å². The van der Waals surface area contributed by atoms with Crippen molar-refractivity contribution in [1.82, 2.24) is 0 Å². The monoisotopic (exact) mass is 276 g/mol. The van der Waals surface area contributed by atoms with Crippen LogP contribution in [0.2, 0.25) is 0 Å². The van der Waals surface area contributed by atoms with E-state index in [1.807, 2.05) is 13.8 Å². The summed E-state index contributed by atoms with van der Waals surface area (Å²) in [6, 6.07) is 2.21. The maximum atomic E-state index is 11.7. The van der Waals surface area contributed by atoms with Crippen molar-refractivity contribution < 1.29 is 14.3 Å². The van der Waals surface area contributed by atoms with Crippen molar-refractivity contribution in [2.75, 3.05) is 6.61 Å². The number of carbonyl (C=O) groups is 1. The first-order valence-corrected chi connectivity index (χ1v) is 7.30. The molecule has 0 N–H and O–H groups in total. The molecule has 1 aliphatic rings. The number of carbonyl (C=O) groups excluding carboxylic acids is 1. The number of benzene rings is 1. The number of hydrogen-bond donors (Lipinski definition) is 0. The van der Waals surface area contributed by atoms with Crippen LogP contribution >= 0.6 is 0 Å². The van der Waals surface area contributed by atoms with Crippen LogP contribution in [0.15, 0.2) is 6.07 Å². The van der Waals surface area contributed by atoms with Gasteiger partial charge in [0.25, 0.3) is 0 Å². The predicted molar refractivity (Wildman–Crippen MR) is 79.3 cm³/mol. The van der Waals surface area contributed by atoms with Crippen LogP contribution in [-0.2, 0) is 16.0 Å². The third-order valence-electron chi connectivity index (χ3n) is 4.19. The molecule has 1 atom stereocenters. The third kappa shape index (κ3) is 2.82. The second-order valence-electron chi connectivity index (χ2n) is 5.98. The summed E-state index contributed by atoms with van der Waals surface area (Å²) in [4.78, 5) is 11.7. The minimum atomic E-state index is -0.454. The number of aryl methyl sites for hydroxylation is 2. The van der Waals surface area contributed by atoms with Gasteiger partial charge >= 0.3 is 5.97 Å². The fourth-order valence-electron chi connectivity index (χ4n) is 2.88. The van der Waals surface area contributed by atoms with Gasteiger partial charge in [0.2, 0.25) is 0 Å². The van der Waals surface area contributed by atoms with E-state index in [-0.39, 0.29) is 5.97 Å². The Morgan fingerprint density at radius 1 is 1.35 bits per heavy atom. The highest BCUT2D eigenvalue weighted by atomic mass is 16.5. The van der Waals surface area contributed by atoms with Crippen molar-refractivity contribution in [2.45, 2.75) is 59.5 Å². The van der Waals surface area contributed by atoms with Crippen LogP contribution in [0.25, 0.3) is 0 Å². The number of esters is 1. The van der Waals surface area contributed by atoms with Gasteiger partial charge in [-0.2, -0.15) is 0 Å². The lowest BCUT2D eigenvalue weighted by molar-refractivity contribution is -0.147. The highest BCUT2D eigenvalue weighted by molar-refractivity contribution is 5.71. The van der Waals surface area contributed by atoms with Gasteiger partial charge in [0.15, 0.2) is 0 Å². The van der Waals surface area contributed by atoms with Gasteiger partial charge in [0.1, 0.15) is 11.4 Å². The lowest BCUT2D eigenvalue weighted by Crippen LogP contribution is -2.39. The molecule has 20 heavy (non-hydrogen) atoms. The average Bonchev–Trinajstić information content (AvgIpc) is 2.35. The Bertz CT molecular complexity index is 534. The van der Waals surface area contributed by atoms with Crippen molar-refractivity contribution in [1.29, 1.82) is 0 Å². The number of hydrogen-bond acceptors (Lipinski definition) is 3. The summed E-state index contributed by atoms with van der Waals surface area (Å²) in [6.45, 7) is 10.6. The van der Waals surface area contributed by atoms with E-state index in [2.05, 4.69) is 26.8 Å². The van der Waals surface area contributed by atoms with E-state index in [0.717, 1.165) is 18.6 Å². The molecule has 0 fully saturated rings. The van der Waals surface area contributed by atoms with E-state index < -0.39 is 5.60 Å². The minimum Gasteiger partial charge on any atom is -0.486 e. The number of fused-ring (bicyclic) bond motifs is 1. The molecule has 0 amide bonds. The maximum Gasteiger partial charge on any atom is 0.309 e. The predicted octanol–water partition coefficient (Wildman–Crippen LogP) is 3.65. The molecule has 1 heterocycles. The lowest BCUT2D eigenvalue weighted by atomic mass is 9.86. The average molecular weight is 276 g/mol. The SMILES string of the molecule is CCOC(=O)CC1(C)CCc2c(C)cc(C)c(C)c2O1. The first kappa shape index (κ1) is 14.9. The molecule has 0 bridgehead atoms. The van der Waals surface area contributed by atoms with E-state index in [0.29, 0.717) is 13.0 Å². The van der Waals surface area contributed by atoms with Crippen LogP contribution in [0.5, 0.6) is 5.75 Å². The summed E-state index contributed by atoms with van der Waals surface area (Å²) >= 11 is 0. The Balaban J connectivity index is 2.28. The maximum absolute atomic E-state index is 11.7. The summed E-state index contributed by atoms with van der Waals surface area (Å²) in [5, 5.41) is 0. The van der Waals surface area contributed by atoms with Crippen molar-refractivity contribution in [2.24, 2.45) is 0 Å². The van der Waals surface area contributed by atoms with Gasteiger partial charge in [-0.05, 0) is 69.7 Å². The van der Waals surface area contributed by atoms with Gasteiger partial charge in [-0.1, -0.05) is 6.07 Å². The van der Waals surface area contributed by atoms with Crippen molar-refractivity contribution in [3.05, 3.63) is 28.3 Å². The molecular formula is C17H24O3. The fraction of sp³-hybridized carbons (Fsp3) is 0.588. The fourth-order valence-corrected chi connectivity index (χ4v) is 2.88. The van der Waals surface area contributed by atoms with Crippen molar-refractivity contribution in [3.63, 3.8) is 0 Å². The van der Waals surface area contributed by atoms with Gasteiger partial charge < -0.3 is 9.47 Å². The van der Waals surface area contributed by atoms with Crippen LogP contribution in [-0.4, -0.2) is 18.2 Å². The van der Waals surface area contributed by atoms with Gasteiger partial charge in [-0.25, -0.2) is 0 Å². The molecule has 1 aromatic rings. The zero-order chi connectivity index (χ0) is 14.9. The first-order chi connectivity index (χ1) is 9.36. The Labute approximate surface area is 121 Å². The molecule has 1 aliphatic heterocycles. The highest BCUT2D eigenvalue weighted by Crippen LogP contribution is 2.40. The molecule has 2 rings (SSSR count). The Morgan fingerprint density at radius 2 is 2.05 bits per heavy atom. The molecule has 3 nitrogen and oxygen atoms in total. The van der Waals surface area contributed by atoms with E-state index >= 15 is 0 Å². The number of ether oxygens (including phenoxy) is 2. The van der Waals surface area contributed by atoms with Crippen molar-refractivity contribution in [3.8, 4) is 5.75 Å². The molecule has 1 unspecified atom stereocenters. The molecule has 110 valence electrons. The van der Waals surface area contributed by atoms with Crippen LogP contribution < -0.4 is 4.74 Å². The molecule has 0 spiro atoms. The van der Waals surface area contributed by atoms with Gasteiger partial charge in [-0.3, -0.25) is 4.79 Å². The largest absolute Gasteiger partial charge is 0.486 e. The summed E-state index contributed by atoms with van der Waals surface area (Å²) in [5.74, 6) is 0.793. The second-order valence-corrected chi connectivity index (χ2v) is 5.98. The molecule has 0 radical (unpaired) electrons. The molecule has 0 saturated heterocycles. The number of rotatable bonds is 3. The summed E-state index contributed by atoms with van der Waals surface area (Å²) in [7, 11) is 0. The standard InChI is InChI=1S/C17H24O3/c1-6-19-15(18)10-17(5)8-7-14-12(3)9-11(2)13(4)16(14)20-17/h9H,6-8,10H2,1-5H3.